The van der Waals surface area contributed by atoms with Crippen molar-refractivity contribution in [2.24, 2.45) is 0 Å². The van der Waals surface area contributed by atoms with Crippen molar-refractivity contribution in [3.05, 3.63) is 88.3 Å². The van der Waals surface area contributed by atoms with Crippen LogP contribution >= 0.6 is 11.6 Å². The van der Waals surface area contributed by atoms with Crippen LogP contribution in [0.4, 0.5) is 0 Å². The van der Waals surface area contributed by atoms with Gasteiger partial charge in [-0.05, 0) is 55.2 Å². The first-order chi connectivity index (χ1) is 18.4. The van der Waals surface area contributed by atoms with Gasteiger partial charge in [0.15, 0.2) is 0 Å². The van der Waals surface area contributed by atoms with Crippen LogP contribution < -0.4 is 14.8 Å². The molecule has 4 aromatic rings. The number of methoxy groups -OCH3 is 2. The minimum atomic E-state index is -0.0974. The van der Waals surface area contributed by atoms with Crippen LogP contribution in [0.2, 0.25) is 5.15 Å². The number of likely N-dealkylation sites (tertiary alicyclic amines) is 1. The third-order valence-corrected chi connectivity index (χ3v) is 7.57. The first kappa shape index (κ1) is 26.1. The number of piperidine rings is 1. The zero-order chi connectivity index (χ0) is 26.6. The summed E-state index contributed by atoms with van der Waals surface area (Å²) in [6.45, 7) is 5.38. The summed E-state index contributed by atoms with van der Waals surface area (Å²) in [7, 11) is 3.21. The van der Waals surface area contributed by atoms with Gasteiger partial charge in [-0.2, -0.15) is 0 Å². The SMILES string of the molecule is COc1cc(C(=O)NC2CCN(Cc3cn(Cc4ccc(Cl)nc4)c4ccccc34)CC2)cc(OC)c1C. The van der Waals surface area contributed by atoms with Gasteiger partial charge in [0.2, 0.25) is 0 Å². The van der Waals surface area contributed by atoms with E-state index in [0.717, 1.165) is 50.1 Å². The largest absolute Gasteiger partial charge is 0.496 e. The van der Waals surface area contributed by atoms with Gasteiger partial charge in [0, 0.05) is 66.6 Å². The standard InChI is InChI=1S/C30H33ClN4O3/c1-20-27(37-2)14-22(15-28(20)38-3)30(36)33-24-10-12-34(13-11-24)18-23-19-35(26-7-5-4-6-25(23)26)17-21-8-9-29(31)32-16-21/h4-9,14-16,19,24H,10-13,17-18H2,1-3H3,(H,33,36). The van der Waals surface area contributed by atoms with E-state index >= 15 is 0 Å². The first-order valence-corrected chi connectivity index (χ1v) is 13.3. The predicted octanol–water partition coefficient (Wildman–Crippen LogP) is 5.46. The number of nitrogens with one attached hydrogen (secondary N) is 1. The second-order valence-corrected chi connectivity index (χ2v) is 10.2. The maximum atomic E-state index is 13.0. The molecule has 8 heteroatoms. The van der Waals surface area contributed by atoms with Crippen molar-refractivity contribution in [1.82, 2.24) is 19.8 Å². The highest BCUT2D eigenvalue weighted by molar-refractivity contribution is 6.29. The van der Waals surface area contributed by atoms with Gasteiger partial charge in [0.1, 0.15) is 16.7 Å². The lowest BCUT2D eigenvalue weighted by atomic mass is 10.0. The molecule has 0 atom stereocenters. The number of carbonyl (C=O) groups is 1. The molecule has 2 aromatic carbocycles. The molecule has 198 valence electrons. The lowest BCUT2D eigenvalue weighted by Gasteiger charge is -2.32. The highest BCUT2D eigenvalue weighted by Gasteiger charge is 2.23. The number of ether oxygens (including phenoxy) is 2. The number of amides is 1. The Labute approximate surface area is 228 Å². The normalized spacial score (nSPS) is 14.5. The van der Waals surface area contributed by atoms with Crippen molar-refractivity contribution in [3.8, 4) is 11.5 Å². The van der Waals surface area contributed by atoms with Crippen molar-refractivity contribution >= 4 is 28.4 Å². The minimum Gasteiger partial charge on any atom is -0.496 e. The van der Waals surface area contributed by atoms with Crippen molar-refractivity contribution in [3.63, 3.8) is 0 Å². The van der Waals surface area contributed by atoms with E-state index < -0.39 is 0 Å². The molecule has 1 fully saturated rings. The van der Waals surface area contributed by atoms with Crippen LogP contribution in [0.5, 0.6) is 11.5 Å². The summed E-state index contributed by atoms with van der Waals surface area (Å²) in [6, 6.07) is 16.1. The molecule has 5 rings (SSSR count). The fourth-order valence-corrected chi connectivity index (χ4v) is 5.35. The summed E-state index contributed by atoms with van der Waals surface area (Å²) in [5.41, 5.74) is 5.07. The van der Waals surface area contributed by atoms with Crippen molar-refractivity contribution in [1.29, 1.82) is 0 Å². The number of rotatable bonds is 8. The van der Waals surface area contributed by atoms with Crippen LogP contribution in [0, 0.1) is 6.92 Å². The van der Waals surface area contributed by atoms with Gasteiger partial charge in [-0.15, -0.1) is 0 Å². The van der Waals surface area contributed by atoms with E-state index in [-0.39, 0.29) is 11.9 Å². The Bertz CT molecular complexity index is 1400. The Morgan fingerprint density at radius 1 is 1.05 bits per heavy atom. The quantitative estimate of drug-likeness (QED) is 0.305. The molecular weight excluding hydrogens is 500 g/mol. The van der Waals surface area contributed by atoms with E-state index in [1.165, 1.54) is 16.5 Å². The van der Waals surface area contributed by atoms with Gasteiger partial charge < -0.3 is 19.4 Å². The van der Waals surface area contributed by atoms with Crippen LogP contribution in [0.15, 0.2) is 60.9 Å². The van der Waals surface area contributed by atoms with E-state index in [9.17, 15) is 4.79 Å². The van der Waals surface area contributed by atoms with Gasteiger partial charge in [-0.25, -0.2) is 4.98 Å². The second kappa shape index (κ2) is 11.5. The van der Waals surface area contributed by atoms with Gasteiger partial charge in [0.05, 0.1) is 14.2 Å². The Kier molecular flexibility index (Phi) is 7.86. The van der Waals surface area contributed by atoms with Crippen LogP contribution in [-0.4, -0.2) is 53.7 Å². The molecule has 1 N–H and O–H groups in total. The van der Waals surface area contributed by atoms with Crippen molar-refractivity contribution in [2.75, 3.05) is 27.3 Å². The summed E-state index contributed by atoms with van der Waals surface area (Å²) in [5.74, 6) is 1.20. The minimum absolute atomic E-state index is 0.0974. The Morgan fingerprint density at radius 2 is 1.76 bits per heavy atom. The molecule has 1 saturated heterocycles. The third-order valence-electron chi connectivity index (χ3n) is 7.34. The molecule has 2 aromatic heterocycles. The molecular formula is C30H33ClN4O3. The number of hydrogen-bond acceptors (Lipinski definition) is 5. The number of carbonyl (C=O) groups excluding carboxylic acids is 1. The smallest absolute Gasteiger partial charge is 0.251 e. The van der Waals surface area contributed by atoms with E-state index in [0.29, 0.717) is 22.2 Å². The summed E-state index contributed by atoms with van der Waals surface area (Å²) in [6.07, 6.45) is 5.89. The van der Waals surface area contributed by atoms with Gasteiger partial charge in [0.25, 0.3) is 5.91 Å². The number of benzene rings is 2. The monoisotopic (exact) mass is 532 g/mol. The van der Waals surface area contributed by atoms with Crippen molar-refractivity contribution < 1.29 is 14.3 Å². The average Bonchev–Trinajstić information content (AvgIpc) is 3.28. The molecule has 1 aliphatic heterocycles. The lowest BCUT2D eigenvalue weighted by molar-refractivity contribution is 0.0908. The van der Waals surface area contributed by atoms with Crippen LogP contribution in [0.1, 0.15) is 39.9 Å². The highest BCUT2D eigenvalue weighted by atomic mass is 35.5. The third kappa shape index (κ3) is 5.64. The number of hydrogen-bond donors (Lipinski definition) is 1. The number of para-hydroxylation sites is 1. The topological polar surface area (TPSA) is 68.6 Å². The zero-order valence-electron chi connectivity index (χ0n) is 22.0. The number of pyridine rings is 1. The molecule has 0 aliphatic carbocycles. The maximum absolute atomic E-state index is 13.0. The molecule has 3 heterocycles. The second-order valence-electron chi connectivity index (χ2n) is 9.82. The number of nitrogens with zero attached hydrogens (tertiary/aromatic N) is 3. The Morgan fingerprint density at radius 3 is 2.42 bits per heavy atom. The molecule has 0 radical (unpaired) electrons. The zero-order valence-corrected chi connectivity index (χ0v) is 22.8. The Balaban J connectivity index is 1.22. The van der Waals surface area contributed by atoms with Gasteiger partial charge in [-0.3, -0.25) is 9.69 Å². The van der Waals surface area contributed by atoms with Gasteiger partial charge in [-0.1, -0.05) is 35.9 Å². The summed E-state index contributed by atoms with van der Waals surface area (Å²) in [4.78, 5) is 19.7. The molecule has 1 aliphatic rings. The average molecular weight is 533 g/mol. The first-order valence-electron chi connectivity index (χ1n) is 12.9. The number of fused-ring (bicyclic) bond motifs is 1. The number of halogens is 1. The van der Waals surface area contributed by atoms with E-state index in [4.69, 9.17) is 21.1 Å². The molecule has 1 amide bonds. The summed E-state index contributed by atoms with van der Waals surface area (Å²) < 4.78 is 13.1. The van der Waals surface area contributed by atoms with E-state index in [1.54, 1.807) is 26.4 Å². The molecule has 7 nitrogen and oxygen atoms in total. The van der Waals surface area contributed by atoms with Gasteiger partial charge >= 0.3 is 0 Å². The summed E-state index contributed by atoms with van der Waals surface area (Å²) in [5, 5.41) is 4.99. The van der Waals surface area contributed by atoms with Crippen LogP contribution in [-0.2, 0) is 13.1 Å². The summed E-state index contributed by atoms with van der Waals surface area (Å²) >= 11 is 5.96. The lowest BCUT2D eigenvalue weighted by Crippen LogP contribution is -2.44. The van der Waals surface area contributed by atoms with Crippen LogP contribution in [0.25, 0.3) is 10.9 Å². The highest BCUT2D eigenvalue weighted by Crippen LogP contribution is 2.30. The molecule has 0 unspecified atom stereocenters. The molecule has 0 bridgehead atoms. The number of aromatic nitrogens is 2. The molecule has 0 saturated carbocycles. The molecule has 0 spiro atoms. The Hall–Kier alpha value is -3.55. The fourth-order valence-electron chi connectivity index (χ4n) is 5.24. The van der Waals surface area contributed by atoms with E-state index in [1.807, 2.05) is 25.3 Å². The van der Waals surface area contributed by atoms with E-state index in [2.05, 4.69) is 50.2 Å². The predicted molar refractivity (Wildman–Crippen MR) is 150 cm³/mol. The maximum Gasteiger partial charge on any atom is 0.251 e. The van der Waals surface area contributed by atoms with Crippen molar-refractivity contribution in [2.45, 2.75) is 38.9 Å². The fraction of sp³-hybridized carbons (Fsp3) is 0.333. The van der Waals surface area contributed by atoms with Crippen LogP contribution in [0.3, 0.4) is 0 Å². The molecule has 38 heavy (non-hydrogen) atoms.